The van der Waals surface area contributed by atoms with E-state index in [1.807, 2.05) is 29.8 Å². The summed E-state index contributed by atoms with van der Waals surface area (Å²) in [5.41, 5.74) is 9.63. The zero-order valence-corrected chi connectivity index (χ0v) is 12.3. The van der Waals surface area contributed by atoms with Gasteiger partial charge >= 0.3 is 0 Å². The SMILES string of the molecule is Cc1ccc(-n2nnc(CN)c2CC(C)C)cc1Cl. The van der Waals surface area contributed by atoms with Crippen molar-refractivity contribution in [1.29, 1.82) is 0 Å². The van der Waals surface area contributed by atoms with Crippen molar-refractivity contribution in [1.82, 2.24) is 15.0 Å². The standard InChI is InChI=1S/C14H19ClN4/c1-9(2)6-14-13(8-16)17-18-19(14)11-5-4-10(3)12(15)7-11/h4-5,7,9H,6,8,16H2,1-3H3. The van der Waals surface area contributed by atoms with E-state index >= 15 is 0 Å². The molecule has 0 saturated heterocycles. The van der Waals surface area contributed by atoms with Crippen LogP contribution in [0.15, 0.2) is 18.2 Å². The van der Waals surface area contributed by atoms with Crippen molar-refractivity contribution in [2.75, 3.05) is 0 Å². The smallest absolute Gasteiger partial charge is 0.0999 e. The molecule has 0 saturated carbocycles. The lowest BCUT2D eigenvalue weighted by Gasteiger charge is -2.10. The molecule has 2 aromatic rings. The summed E-state index contributed by atoms with van der Waals surface area (Å²) in [5, 5.41) is 9.10. The van der Waals surface area contributed by atoms with Gasteiger partial charge in [0.25, 0.3) is 0 Å². The van der Waals surface area contributed by atoms with E-state index < -0.39 is 0 Å². The Labute approximate surface area is 118 Å². The predicted molar refractivity (Wildman–Crippen MR) is 77.5 cm³/mol. The minimum absolute atomic E-state index is 0.404. The Bertz CT molecular complexity index is 575. The minimum atomic E-state index is 0.404. The number of aryl methyl sites for hydroxylation is 1. The number of aromatic nitrogens is 3. The van der Waals surface area contributed by atoms with E-state index in [2.05, 4.69) is 24.2 Å². The third-order valence-electron chi connectivity index (χ3n) is 3.04. The van der Waals surface area contributed by atoms with Gasteiger partial charge in [-0.3, -0.25) is 0 Å². The van der Waals surface area contributed by atoms with Gasteiger partial charge in [-0.25, -0.2) is 4.68 Å². The van der Waals surface area contributed by atoms with E-state index in [9.17, 15) is 0 Å². The third kappa shape index (κ3) is 2.96. The van der Waals surface area contributed by atoms with Crippen LogP contribution in [0.3, 0.4) is 0 Å². The van der Waals surface area contributed by atoms with Crippen LogP contribution in [0, 0.1) is 12.8 Å². The predicted octanol–water partition coefficient (Wildman–Crippen LogP) is 2.89. The molecule has 19 heavy (non-hydrogen) atoms. The summed E-state index contributed by atoms with van der Waals surface area (Å²) in [6, 6.07) is 5.90. The normalized spacial score (nSPS) is 11.3. The number of hydrogen-bond donors (Lipinski definition) is 1. The van der Waals surface area contributed by atoms with Gasteiger partial charge in [0.05, 0.1) is 17.1 Å². The molecule has 5 heteroatoms. The highest BCUT2D eigenvalue weighted by Gasteiger charge is 2.14. The van der Waals surface area contributed by atoms with Crippen LogP contribution in [-0.2, 0) is 13.0 Å². The molecule has 2 N–H and O–H groups in total. The Morgan fingerprint density at radius 1 is 1.37 bits per heavy atom. The minimum Gasteiger partial charge on any atom is -0.325 e. The summed E-state index contributed by atoms with van der Waals surface area (Å²) in [7, 11) is 0. The van der Waals surface area contributed by atoms with Crippen molar-refractivity contribution in [3.63, 3.8) is 0 Å². The van der Waals surface area contributed by atoms with Gasteiger partial charge in [-0.05, 0) is 37.0 Å². The van der Waals surface area contributed by atoms with Gasteiger partial charge in [0.2, 0.25) is 0 Å². The van der Waals surface area contributed by atoms with Gasteiger partial charge in [0.1, 0.15) is 0 Å². The first-order valence-electron chi connectivity index (χ1n) is 6.43. The number of halogens is 1. The molecule has 2 rings (SSSR count). The number of nitrogens with zero attached hydrogens (tertiary/aromatic N) is 3. The molecule has 0 aliphatic heterocycles. The monoisotopic (exact) mass is 278 g/mol. The molecule has 1 aromatic carbocycles. The molecule has 0 unspecified atom stereocenters. The number of benzene rings is 1. The number of rotatable bonds is 4. The second kappa shape index (κ2) is 5.72. The summed E-state index contributed by atoms with van der Waals surface area (Å²) in [6.45, 7) is 6.72. The van der Waals surface area contributed by atoms with Crippen molar-refractivity contribution in [3.05, 3.63) is 40.2 Å². The maximum absolute atomic E-state index is 6.18. The molecule has 0 radical (unpaired) electrons. The van der Waals surface area contributed by atoms with E-state index in [1.165, 1.54) is 0 Å². The fraction of sp³-hybridized carbons (Fsp3) is 0.429. The van der Waals surface area contributed by atoms with E-state index in [1.54, 1.807) is 0 Å². The van der Waals surface area contributed by atoms with Crippen LogP contribution in [-0.4, -0.2) is 15.0 Å². The fourth-order valence-electron chi connectivity index (χ4n) is 2.00. The summed E-state index contributed by atoms with van der Waals surface area (Å²) in [5.74, 6) is 0.517. The van der Waals surface area contributed by atoms with Gasteiger partial charge in [0, 0.05) is 11.6 Å². The van der Waals surface area contributed by atoms with Crippen LogP contribution in [0.25, 0.3) is 5.69 Å². The molecule has 1 aromatic heterocycles. The van der Waals surface area contributed by atoms with E-state index in [0.29, 0.717) is 12.5 Å². The molecule has 0 bridgehead atoms. The van der Waals surface area contributed by atoms with Crippen LogP contribution < -0.4 is 5.73 Å². The van der Waals surface area contributed by atoms with Gasteiger partial charge in [-0.15, -0.1) is 5.10 Å². The summed E-state index contributed by atoms with van der Waals surface area (Å²) >= 11 is 6.18. The topological polar surface area (TPSA) is 56.7 Å². The Morgan fingerprint density at radius 2 is 2.11 bits per heavy atom. The number of hydrogen-bond acceptors (Lipinski definition) is 3. The van der Waals surface area contributed by atoms with Crippen molar-refractivity contribution < 1.29 is 0 Å². The lowest BCUT2D eigenvalue weighted by molar-refractivity contribution is 0.611. The lowest BCUT2D eigenvalue weighted by Crippen LogP contribution is -2.09. The summed E-state index contributed by atoms with van der Waals surface area (Å²) in [4.78, 5) is 0. The zero-order valence-electron chi connectivity index (χ0n) is 11.5. The first-order valence-corrected chi connectivity index (χ1v) is 6.80. The van der Waals surface area contributed by atoms with Crippen molar-refractivity contribution >= 4 is 11.6 Å². The summed E-state index contributed by atoms with van der Waals surface area (Å²) in [6.07, 6.45) is 0.894. The van der Waals surface area contributed by atoms with Crippen LogP contribution >= 0.6 is 11.6 Å². The van der Waals surface area contributed by atoms with Crippen molar-refractivity contribution in [2.45, 2.75) is 33.7 Å². The Balaban J connectivity index is 2.48. The van der Waals surface area contributed by atoms with Gasteiger partial charge < -0.3 is 5.73 Å². The molecule has 0 amide bonds. The van der Waals surface area contributed by atoms with Gasteiger partial charge in [-0.1, -0.05) is 36.7 Å². The van der Waals surface area contributed by atoms with Gasteiger partial charge in [0.15, 0.2) is 0 Å². The van der Waals surface area contributed by atoms with Crippen LogP contribution in [0.4, 0.5) is 0 Å². The molecular weight excluding hydrogens is 260 g/mol. The molecule has 0 aliphatic rings. The lowest BCUT2D eigenvalue weighted by atomic mass is 10.1. The maximum Gasteiger partial charge on any atom is 0.0999 e. The molecule has 0 fully saturated rings. The molecule has 0 aliphatic carbocycles. The van der Waals surface area contributed by atoms with Crippen molar-refractivity contribution in [3.8, 4) is 5.69 Å². The Kier molecular flexibility index (Phi) is 4.22. The molecule has 0 spiro atoms. The second-order valence-electron chi connectivity index (χ2n) is 5.13. The largest absolute Gasteiger partial charge is 0.325 e. The van der Waals surface area contributed by atoms with Crippen LogP contribution in [0.1, 0.15) is 30.8 Å². The highest BCUT2D eigenvalue weighted by atomic mass is 35.5. The first kappa shape index (κ1) is 14.0. The fourth-order valence-corrected chi connectivity index (χ4v) is 2.18. The molecule has 0 atom stereocenters. The molecule has 1 heterocycles. The number of nitrogens with two attached hydrogens (primary N) is 1. The van der Waals surface area contributed by atoms with Crippen LogP contribution in [0.2, 0.25) is 5.02 Å². The maximum atomic E-state index is 6.18. The average molecular weight is 279 g/mol. The highest BCUT2D eigenvalue weighted by Crippen LogP contribution is 2.22. The van der Waals surface area contributed by atoms with Crippen LogP contribution in [0.5, 0.6) is 0 Å². The van der Waals surface area contributed by atoms with Gasteiger partial charge in [-0.2, -0.15) is 0 Å². The first-order chi connectivity index (χ1) is 9.02. The van der Waals surface area contributed by atoms with E-state index in [0.717, 1.165) is 34.1 Å². The van der Waals surface area contributed by atoms with E-state index in [4.69, 9.17) is 17.3 Å². The Hall–Kier alpha value is -1.39. The second-order valence-corrected chi connectivity index (χ2v) is 5.54. The quantitative estimate of drug-likeness (QED) is 0.936. The molecule has 102 valence electrons. The molecule has 4 nitrogen and oxygen atoms in total. The summed E-state index contributed by atoms with van der Waals surface area (Å²) < 4.78 is 1.84. The van der Waals surface area contributed by atoms with Crippen molar-refractivity contribution in [2.24, 2.45) is 11.7 Å². The van der Waals surface area contributed by atoms with E-state index in [-0.39, 0.29) is 0 Å². The molecular formula is C14H19ClN4. The Morgan fingerprint density at radius 3 is 2.68 bits per heavy atom. The average Bonchev–Trinajstić information content (AvgIpc) is 2.75. The zero-order chi connectivity index (χ0) is 14.0. The third-order valence-corrected chi connectivity index (χ3v) is 3.45. The highest BCUT2D eigenvalue weighted by molar-refractivity contribution is 6.31.